The molecule has 1 aliphatic carbocycles. The molecule has 4 amide bonds. The summed E-state index contributed by atoms with van der Waals surface area (Å²) in [6.07, 6.45) is 3.43. The molecule has 0 radical (unpaired) electrons. The maximum atomic E-state index is 13.8. The minimum Gasteiger partial charge on any atom is -0.478 e. The van der Waals surface area contributed by atoms with Crippen LogP contribution in [-0.4, -0.2) is 106 Å². The molecule has 1 unspecified atom stereocenters. The summed E-state index contributed by atoms with van der Waals surface area (Å²) in [5.74, 6) is -3.46. The van der Waals surface area contributed by atoms with Crippen molar-refractivity contribution in [2.75, 3.05) is 46.2 Å². The van der Waals surface area contributed by atoms with E-state index in [2.05, 4.69) is 25.1 Å². The summed E-state index contributed by atoms with van der Waals surface area (Å²) in [4.78, 5) is 82.3. The van der Waals surface area contributed by atoms with E-state index < -0.39 is 56.7 Å². The van der Waals surface area contributed by atoms with Crippen molar-refractivity contribution in [2.24, 2.45) is 7.05 Å². The summed E-state index contributed by atoms with van der Waals surface area (Å²) in [5, 5.41) is 23.5. The number of aryl methyl sites for hydroxylation is 2. The molecule has 2 aromatic heterocycles. The Balaban J connectivity index is 0.747. The highest BCUT2D eigenvalue weighted by Crippen LogP contribution is 2.45. The fourth-order valence-electron chi connectivity index (χ4n) is 11.7. The molecule has 11 rings (SSSR count). The molecule has 2 aliphatic heterocycles. The van der Waals surface area contributed by atoms with Crippen LogP contribution in [0.15, 0.2) is 137 Å². The maximum Gasteiger partial charge on any atom is 0.336 e. The fraction of sp³-hybridized carbons (Fsp3) is 0.246. The number of imide groups is 1. The molecule has 4 N–H and O–H groups in total. The minimum atomic E-state index is -5.03. The molecule has 20 heteroatoms. The third-order valence-electron chi connectivity index (χ3n) is 16.0. The van der Waals surface area contributed by atoms with Gasteiger partial charge in [0.05, 0.1) is 45.3 Å². The quantitative estimate of drug-likeness (QED) is 0.0140. The molecule has 3 aliphatic rings. The van der Waals surface area contributed by atoms with Crippen molar-refractivity contribution in [3.63, 3.8) is 0 Å². The number of hydrogen-bond donors (Lipinski definition) is 4. The third kappa shape index (κ3) is 10.8. The molecule has 1 atom stereocenters. The Hall–Kier alpha value is -9.69. The molecule has 18 nitrogen and oxygen atoms in total. The zero-order chi connectivity index (χ0) is 60.0. The molecule has 4 heterocycles. The van der Waals surface area contributed by atoms with Crippen molar-refractivity contribution in [1.82, 2.24) is 29.7 Å². The number of fused-ring (bicyclic) bond motifs is 12. The second-order valence-corrected chi connectivity index (χ2v) is 23.1. The number of carbonyl (C=O) groups is 6. The monoisotopic (exact) mass is 1170 g/mol. The Morgan fingerprint density at radius 2 is 1.38 bits per heavy atom. The standard InChI is InChI=1S/C65H60FN7O11S/c1-70(2)39-24-29-45-51(35-39)84-52-36-40(71(3)4)25-30-46(52)53(45)42-28-23-38(34-47(42)64(78)79)60(74)67-31-13-12-18-48(68-61(75)37-21-26-41(27-22-37)85(66,81)82)65(80)83-33-15-7-6-14-32-73-50-20-11-9-17-44(50)55-57-56(62(76)69-63(57)77)54-43-16-8-10-19-49(43)72(5)58(54)59(55)73/h8-11,16-17,19-30,34-36,48H,6-7,12-15,18,31-33H2,1-5H3,(H3-,67,68,69,74,75,76,77,78,79)/p+1. The van der Waals surface area contributed by atoms with E-state index in [1.54, 1.807) is 12.1 Å². The van der Waals surface area contributed by atoms with Crippen molar-refractivity contribution in [3.05, 3.63) is 161 Å². The van der Waals surface area contributed by atoms with Gasteiger partial charge in [-0.05, 0) is 111 Å². The number of anilines is 1. The first-order valence-electron chi connectivity index (χ1n) is 28.0. The van der Waals surface area contributed by atoms with Gasteiger partial charge in [0.2, 0.25) is 5.36 Å². The first-order chi connectivity index (χ1) is 40.8. The van der Waals surface area contributed by atoms with E-state index in [9.17, 15) is 46.2 Å². The van der Waals surface area contributed by atoms with Gasteiger partial charge in [-0.25, -0.2) is 14.2 Å². The molecule has 0 saturated heterocycles. The number of carbonyl (C=O) groups excluding carboxylic acids is 5. The van der Waals surface area contributed by atoms with Crippen molar-refractivity contribution < 1.29 is 55.3 Å². The Kier molecular flexibility index (Phi) is 15.6. The number of carboxylic acids is 1. The number of esters is 1. The van der Waals surface area contributed by atoms with Crippen LogP contribution in [-0.2, 0) is 33.3 Å². The van der Waals surface area contributed by atoms with E-state index in [1.807, 2.05) is 130 Å². The summed E-state index contributed by atoms with van der Waals surface area (Å²) >= 11 is 0. The summed E-state index contributed by atoms with van der Waals surface area (Å²) in [6.45, 7) is 0.770. The van der Waals surface area contributed by atoms with Crippen molar-refractivity contribution in [1.29, 1.82) is 0 Å². The molecule has 0 bridgehead atoms. The highest BCUT2D eigenvalue weighted by Gasteiger charge is 2.36. The predicted molar refractivity (Wildman–Crippen MR) is 324 cm³/mol. The van der Waals surface area contributed by atoms with E-state index >= 15 is 0 Å². The lowest BCUT2D eigenvalue weighted by Gasteiger charge is -2.19. The molecule has 434 valence electrons. The largest absolute Gasteiger partial charge is 0.478 e. The van der Waals surface area contributed by atoms with Gasteiger partial charge < -0.3 is 38.9 Å². The number of halogens is 1. The Bertz CT molecular complexity index is 4580. The zero-order valence-corrected chi connectivity index (χ0v) is 48.2. The number of nitrogens with zero attached hydrogens (tertiary/aromatic N) is 4. The molecule has 85 heavy (non-hydrogen) atoms. The van der Waals surface area contributed by atoms with Gasteiger partial charge in [-0.2, -0.15) is 8.42 Å². The van der Waals surface area contributed by atoms with Crippen LogP contribution < -0.4 is 30.8 Å². The number of ether oxygens (including phenoxy) is 1. The van der Waals surface area contributed by atoms with Gasteiger partial charge in [0.15, 0.2) is 0 Å². The van der Waals surface area contributed by atoms with Gasteiger partial charge in [0, 0.05) is 112 Å². The zero-order valence-electron chi connectivity index (χ0n) is 47.4. The lowest BCUT2D eigenvalue weighted by atomic mass is 9.89. The van der Waals surface area contributed by atoms with Crippen LogP contribution in [0.5, 0.6) is 0 Å². The first-order valence-corrected chi connectivity index (χ1v) is 29.3. The SMILES string of the molecule is CN(C)c1ccc2c(-c3ccc(C(=O)NCCCCC(NC(=O)c4ccc(S(=O)(=O)F)cc4)C(=O)OCCCCCCn4c5ccccc5c5c6c(c7c8ccccc8n(C)c7c54)C(=O)NC6=O)cc3C(=O)O)c3ccc(=[N+](C)C)cc-3oc2c1. The molecule has 0 fully saturated rings. The predicted octanol–water partition coefficient (Wildman–Crippen LogP) is 9.80. The second kappa shape index (κ2) is 23.2. The number of aromatic carboxylic acids is 1. The van der Waals surface area contributed by atoms with Crippen LogP contribution in [0.3, 0.4) is 0 Å². The average molecular weight is 1170 g/mol. The van der Waals surface area contributed by atoms with E-state index in [1.165, 1.54) is 6.07 Å². The van der Waals surface area contributed by atoms with Gasteiger partial charge in [-0.3, -0.25) is 24.5 Å². The number of para-hydroxylation sites is 2. The number of rotatable bonds is 20. The maximum absolute atomic E-state index is 13.8. The van der Waals surface area contributed by atoms with E-state index in [-0.39, 0.29) is 36.3 Å². The third-order valence-corrected chi connectivity index (χ3v) is 16.8. The minimum absolute atomic E-state index is 0.0182. The summed E-state index contributed by atoms with van der Waals surface area (Å²) in [7, 11) is 4.60. The van der Waals surface area contributed by atoms with Gasteiger partial charge in [0.1, 0.15) is 31.5 Å². The van der Waals surface area contributed by atoms with Gasteiger partial charge in [0.25, 0.3) is 23.6 Å². The van der Waals surface area contributed by atoms with Gasteiger partial charge >= 0.3 is 22.2 Å². The van der Waals surface area contributed by atoms with Crippen LogP contribution in [0, 0.1) is 0 Å². The van der Waals surface area contributed by atoms with Gasteiger partial charge in [-0.1, -0.05) is 48.9 Å². The number of aromatic nitrogens is 2. The Labute approximate surface area is 487 Å². The normalized spacial score (nSPS) is 12.8. The molecular formula is C65H61FN7O11S+. The topological polar surface area (TPSA) is 231 Å². The lowest BCUT2D eigenvalue weighted by molar-refractivity contribution is -0.146. The summed E-state index contributed by atoms with van der Waals surface area (Å²) < 4.78 is 55.1. The van der Waals surface area contributed by atoms with Crippen LogP contribution in [0.2, 0.25) is 0 Å². The molecular weight excluding hydrogens is 1110 g/mol. The number of hydrogen-bond acceptors (Lipinski definition) is 11. The van der Waals surface area contributed by atoms with Crippen LogP contribution in [0.1, 0.15) is 96.7 Å². The van der Waals surface area contributed by atoms with Crippen molar-refractivity contribution in [2.45, 2.75) is 62.4 Å². The van der Waals surface area contributed by atoms with E-state index in [4.69, 9.17) is 9.15 Å². The van der Waals surface area contributed by atoms with Crippen molar-refractivity contribution in [3.8, 4) is 22.5 Å². The highest BCUT2D eigenvalue weighted by atomic mass is 32.3. The number of unbranched alkanes of at least 4 members (excludes halogenated alkanes) is 4. The van der Waals surface area contributed by atoms with Crippen LogP contribution in [0.4, 0.5) is 9.57 Å². The summed E-state index contributed by atoms with van der Waals surface area (Å²) in [5.41, 5.74) is 7.53. The number of benzene rings is 7. The first kappa shape index (κ1) is 57.1. The number of nitrogens with one attached hydrogen (secondary N) is 3. The lowest BCUT2D eigenvalue weighted by Crippen LogP contribution is -2.42. The van der Waals surface area contributed by atoms with E-state index in [0.29, 0.717) is 76.8 Å². The van der Waals surface area contributed by atoms with Crippen LogP contribution >= 0.6 is 0 Å². The van der Waals surface area contributed by atoms with E-state index in [0.717, 1.165) is 91.8 Å². The molecule has 6 aromatic carbocycles. The van der Waals surface area contributed by atoms with Crippen LogP contribution in [0.25, 0.3) is 77.0 Å². The fourth-order valence-corrected chi connectivity index (χ4v) is 12.2. The number of amides is 4. The second-order valence-electron chi connectivity index (χ2n) is 21.7. The van der Waals surface area contributed by atoms with Crippen molar-refractivity contribution >= 4 is 106 Å². The molecule has 0 spiro atoms. The Morgan fingerprint density at radius 3 is 2.07 bits per heavy atom. The number of carboxylic acid groups (broad SMARTS) is 1. The molecule has 8 aromatic rings. The smallest absolute Gasteiger partial charge is 0.336 e. The van der Waals surface area contributed by atoms with Gasteiger partial charge in [-0.15, -0.1) is 3.89 Å². The summed E-state index contributed by atoms with van der Waals surface area (Å²) in [6, 6.07) is 34.7. The highest BCUT2D eigenvalue weighted by molar-refractivity contribution is 7.86. The average Bonchev–Trinajstić information content (AvgIpc) is 1.56. The molecule has 0 saturated carbocycles. The Morgan fingerprint density at radius 1 is 0.718 bits per heavy atom.